The highest BCUT2D eigenvalue weighted by atomic mass is 19.1. The number of non-ortho nitro benzene ring substituents is 1. The van der Waals surface area contributed by atoms with Gasteiger partial charge >= 0.3 is 0 Å². The number of piperidine rings is 1. The van der Waals surface area contributed by atoms with Crippen molar-refractivity contribution >= 4 is 11.6 Å². The predicted octanol–water partition coefficient (Wildman–Crippen LogP) is 2.99. The molecule has 6 heteroatoms. The van der Waals surface area contributed by atoms with E-state index in [1.165, 1.54) is 0 Å². The van der Waals surface area contributed by atoms with Gasteiger partial charge in [-0.25, -0.2) is 4.39 Å². The van der Waals surface area contributed by atoms with Crippen molar-refractivity contribution in [2.75, 3.05) is 6.54 Å². The van der Waals surface area contributed by atoms with Crippen LogP contribution in [0.1, 0.15) is 37.0 Å². The lowest BCUT2D eigenvalue weighted by atomic mass is 9.94. The first-order valence-corrected chi connectivity index (χ1v) is 6.65. The highest BCUT2D eigenvalue weighted by molar-refractivity contribution is 5.95. The second-order valence-electron chi connectivity index (χ2n) is 5.41. The number of halogens is 1. The van der Waals surface area contributed by atoms with Gasteiger partial charge in [-0.15, -0.1) is 0 Å². The molecule has 0 N–H and O–H groups in total. The number of hydrogen-bond donors (Lipinski definition) is 0. The SMILES string of the molecule is CC1CCC(C)N(C(=O)c2cc([N+](=O)[O-])ccc2F)C1. The summed E-state index contributed by atoms with van der Waals surface area (Å²) >= 11 is 0. The van der Waals surface area contributed by atoms with Gasteiger partial charge in [-0.1, -0.05) is 6.92 Å². The number of carbonyl (C=O) groups is 1. The van der Waals surface area contributed by atoms with Crippen LogP contribution >= 0.6 is 0 Å². The third-order valence-electron chi connectivity index (χ3n) is 3.77. The van der Waals surface area contributed by atoms with E-state index in [0.717, 1.165) is 31.0 Å². The fourth-order valence-corrected chi connectivity index (χ4v) is 2.52. The third kappa shape index (κ3) is 2.79. The molecule has 0 aromatic heterocycles. The van der Waals surface area contributed by atoms with E-state index in [0.29, 0.717) is 12.5 Å². The Balaban J connectivity index is 2.32. The first kappa shape index (κ1) is 14.4. The van der Waals surface area contributed by atoms with Gasteiger partial charge in [0.25, 0.3) is 11.6 Å². The predicted molar refractivity (Wildman–Crippen MR) is 72.0 cm³/mol. The summed E-state index contributed by atoms with van der Waals surface area (Å²) in [5.74, 6) is -0.826. The molecule has 1 saturated heterocycles. The molecule has 0 radical (unpaired) electrons. The minimum absolute atomic E-state index is 0.0253. The van der Waals surface area contributed by atoms with E-state index in [1.54, 1.807) is 4.90 Å². The molecule has 0 aliphatic carbocycles. The molecule has 1 aliphatic rings. The molecule has 0 spiro atoms. The summed E-state index contributed by atoms with van der Waals surface area (Å²) in [4.78, 5) is 24.1. The first-order chi connectivity index (χ1) is 9.40. The van der Waals surface area contributed by atoms with Gasteiger partial charge in [-0.2, -0.15) is 0 Å². The Bertz CT molecular complexity index is 547. The van der Waals surface area contributed by atoms with Crippen LogP contribution in [-0.2, 0) is 0 Å². The van der Waals surface area contributed by atoms with E-state index in [9.17, 15) is 19.3 Å². The van der Waals surface area contributed by atoms with Gasteiger partial charge in [0.15, 0.2) is 0 Å². The van der Waals surface area contributed by atoms with E-state index < -0.39 is 16.6 Å². The summed E-state index contributed by atoms with van der Waals surface area (Å²) in [6.07, 6.45) is 1.89. The Labute approximate surface area is 116 Å². The maximum atomic E-state index is 13.8. The molecule has 20 heavy (non-hydrogen) atoms. The second kappa shape index (κ2) is 5.56. The van der Waals surface area contributed by atoms with Gasteiger partial charge in [0.2, 0.25) is 0 Å². The number of carbonyl (C=O) groups excluding carboxylic acids is 1. The summed E-state index contributed by atoms with van der Waals surface area (Å²) in [7, 11) is 0. The number of benzene rings is 1. The summed E-state index contributed by atoms with van der Waals surface area (Å²) < 4.78 is 13.8. The lowest BCUT2D eigenvalue weighted by Crippen LogP contribution is -2.45. The van der Waals surface area contributed by atoms with E-state index in [-0.39, 0.29) is 17.3 Å². The Hall–Kier alpha value is -1.98. The Kier molecular flexibility index (Phi) is 4.01. The van der Waals surface area contributed by atoms with Crippen LogP contribution in [0.5, 0.6) is 0 Å². The zero-order valence-corrected chi connectivity index (χ0v) is 11.5. The van der Waals surface area contributed by atoms with Crippen molar-refractivity contribution in [1.29, 1.82) is 0 Å². The normalized spacial score (nSPS) is 22.6. The first-order valence-electron chi connectivity index (χ1n) is 6.65. The topological polar surface area (TPSA) is 63.5 Å². The van der Waals surface area contributed by atoms with Gasteiger partial charge in [-0.05, 0) is 31.7 Å². The van der Waals surface area contributed by atoms with Crippen LogP contribution in [0.4, 0.5) is 10.1 Å². The maximum absolute atomic E-state index is 13.8. The molecule has 1 aromatic rings. The smallest absolute Gasteiger partial charge is 0.270 e. The summed E-state index contributed by atoms with van der Waals surface area (Å²) in [5.41, 5.74) is -0.493. The van der Waals surface area contributed by atoms with Crippen molar-refractivity contribution in [2.45, 2.75) is 32.7 Å². The largest absolute Gasteiger partial charge is 0.336 e. The van der Waals surface area contributed by atoms with Crippen molar-refractivity contribution < 1.29 is 14.1 Å². The van der Waals surface area contributed by atoms with E-state index >= 15 is 0 Å². The van der Waals surface area contributed by atoms with Crippen LogP contribution in [0.25, 0.3) is 0 Å². The zero-order valence-electron chi connectivity index (χ0n) is 11.5. The molecule has 1 aromatic carbocycles. The maximum Gasteiger partial charge on any atom is 0.270 e. The summed E-state index contributed by atoms with van der Waals surface area (Å²) in [6.45, 7) is 4.51. The minimum atomic E-state index is -0.717. The number of likely N-dealkylation sites (tertiary alicyclic amines) is 1. The molecular weight excluding hydrogens is 263 g/mol. The van der Waals surface area contributed by atoms with Gasteiger partial charge in [0.05, 0.1) is 10.5 Å². The second-order valence-corrected chi connectivity index (χ2v) is 5.41. The highest BCUT2D eigenvalue weighted by Crippen LogP contribution is 2.25. The molecule has 0 saturated carbocycles. The number of nitro groups is 1. The van der Waals surface area contributed by atoms with Gasteiger partial charge in [-0.3, -0.25) is 14.9 Å². The molecular formula is C14H17FN2O3. The van der Waals surface area contributed by atoms with Gasteiger partial charge < -0.3 is 4.90 Å². The molecule has 1 heterocycles. The number of rotatable bonds is 2. The van der Waals surface area contributed by atoms with Crippen molar-refractivity contribution in [2.24, 2.45) is 5.92 Å². The lowest BCUT2D eigenvalue weighted by molar-refractivity contribution is -0.384. The minimum Gasteiger partial charge on any atom is -0.336 e. The van der Waals surface area contributed by atoms with Crippen molar-refractivity contribution in [3.05, 3.63) is 39.7 Å². The zero-order chi connectivity index (χ0) is 14.9. The summed E-state index contributed by atoms with van der Waals surface area (Å²) in [5, 5.41) is 10.7. The van der Waals surface area contributed by atoms with Crippen molar-refractivity contribution in [1.82, 2.24) is 4.90 Å². The van der Waals surface area contributed by atoms with Crippen LogP contribution in [0.2, 0.25) is 0 Å². The fourth-order valence-electron chi connectivity index (χ4n) is 2.52. The number of nitro benzene ring substituents is 1. The third-order valence-corrected chi connectivity index (χ3v) is 3.77. The quantitative estimate of drug-likeness (QED) is 0.618. The Morgan fingerprint density at radius 2 is 2.10 bits per heavy atom. The molecule has 2 rings (SSSR count). The number of nitrogens with zero attached hydrogens (tertiary/aromatic N) is 2. The van der Waals surface area contributed by atoms with Crippen LogP contribution in [0.3, 0.4) is 0 Å². The van der Waals surface area contributed by atoms with Crippen LogP contribution in [-0.4, -0.2) is 28.3 Å². The Morgan fingerprint density at radius 3 is 2.75 bits per heavy atom. The van der Waals surface area contributed by atoms with Crippen LogP contribution in [0.15, 0.2) is 18.2 Å². The molecule has 1 aliphatic heterocycles. The Morgan fingerprint density at radius 1 is 1.40 bits per heavy atom. The van der Waals surface area contributed by atoms with Gasteiger partial charge in [0, 0.05) is 24.7 Å². The standard InChI is InChI=1S/C14H17FN2O3/c1-9-3-4-10(2)16(8-9)14(18)12-7-11(17(19)20)5-6-13(12)15/h5-7,9-10H,3-4,8H2,1-2H3. The monoisotopic (exact) mass is 280 g/mol. The average molecular weight is 280 g/mol. The fraction of sp³-hybridized carbons (Fsp3) is 0.500. The molecule has 0 bridgehead atoms. The molecule has 2 atom stereocenters. The average Bonchev–Trinajstić information content (AvgIpc) is 2.41. The number of hydrogen-bond acceptors (Lipinski definition) is 3. The molecule has 108 valence electrons. The van der Waals surface area contributed by atoms with Crippen molar-refractivity contribution in [3.63, 3.8) is 0 Å². The summed E-state index contributed by atoms with van der Waals surface area (Å²) in [6, 6.07) is 3.08. The lowest BCUT2D eigenvalue weighted by Gasteiger charge is -2.36. The molecule has 2 unspecified atom stereocenters. The number of amides is 1. The van der Waals surface area contributed by atoms with Gasteiger partial charge in [0.1, 0.15) is 5.82 Å². The molecule has 5 nitrogen and oxygen atoms in total. The van der Waals surface area contributed by atoms with E-state index in [1.807, 2.05) is 13.8 Å². The highest BCUT2D eigenvalue weighted by Gasteiger charge is 2.29. The molecule has 1 amide bonds. The van der Waals surface area contributed by atoms with E-state index in [2.05, 4.69) is 0 Å². The molecule has 1 fully saturated rings. The van der Waals surface area contributed by atoms with E-state index in [4.69, 9.17) is 0 Å². The van der Waals surface area contributed by atoms with Crippen LogP contribution in [0, 0.1) is 21.8 Å². The van der Waals surface area contributed by atoms with Crippen molar-refractivity contribution in [3.8, 4) is 0 Å². The van der Waals surface area contributed by atoms with Crippen LogP contribution < -0.4 is 0 Å².